The van der Waals surface area contributed by atoms with Gasteiger partial charge >= 0.3 is 5.97 Å². The molecule has 0 saturated carbocycles. The molecule has 0 saturated heterocycles. The Hall–Kier alpha value is -3.33. The molecule has 9 heteroatoms. The van der Waals surface area contributed by atoms with E-state index in [2.05, 4.69) is 15.5 Å². The molecule has 150 valence electrons. The number of ketones is 1. The molecule has 1 amide bonds. The molecule has 3 aromatic rings. The molecule has 0 bridgehead atoms. The highest BCUT2D eigenvalue weighted by molar-refractivity contribution is 7.13. The molecule has 2 heterocycles. The lowest BCUT2D eigenvalue weighted by atomic mass is 10.1. The van der Waals surface area contributed by atoms with Gasteiger partial charge in [-0.2, -0.15) is 4.98 Å². The predicted octanol–water partition coefficient (Wildman–Crippen LogP) is 3.50. The van der Waals surface area contributed by atoms with Crippen molar-refractivity contribution in [2.75, 3.05) is 5.32 Å². The Kier molecular flexibility index (Phi) is 6.50. The predicted molar refractivity (Wildman–Crippen MR) is 107 cm³/mol. The number of hydrogen-bond acceptors (Lipinski definition) is 8. The minimum absolute atomic E-state index is 0.00349. The van der Waals surface area contributed by atoms with Crippen molar-refractivity contribution in [3.05, 3.63) is 53.2 Å². The fourth-order valence-corrected chi connectivity index (χ4v) is 3.09. The maximum absolute atomic E-state index is 12.2. The summed E-state index contributed by atoms with van der Waals surface area (Å²) in [6, 6.07) is 10.3. The van der Waals surface area contributed by atoms with E-state index >= 15 is 0 Å². The molecule has 0 aliphatic heterocycles. The van der Waals surface area contributed by atoms with Gasteiger partial charge in [-0.25, -0.2) is 0 Å². The standard InChI is InChI=1S/C20H19N3O5S/c1-12(24)14-5-3-6-15(11-14)21-20(26)13(2)27-18(25)9-8-17-22-19(23-28-17)16-7-4-10-29-16/h3-7,10-11,13H,8-9H2,1-2H3,(H,21,26)/t13-/m0/s1. The highest BCUT2D eigenvalue weighted by Crippen LogP contribution is 2.21. The largest absolute Gasteiger partial charge is 0.453 e. The van der Waals surface area contributed by atoms with Crippen molar-refractivity contribution in [2.24, 2.45) is 0 Å². The Balaban J connectivity index is 1.48. The molecule has 0 spiro atoms. The van der Waals surface area contributed by atoms with E-state index < -0.39 is 18.0 Å². The lowest BCUT2D eigenvalue weighted by molar-refractivity contribution is -0.153. The van der Waals surface area contributed by atoms with E-state index in [0.717, 1.165) is 4.88 Å². The van der Waals surface area contributed by atoms with Gasteiger partial charge in [0.25, 0.3) is 5.91 Å². The topological polar surface area (TPSA) is 111 Å². The van der Waals surface area contributed by atoms with Crippen molar-refractivity contribution in [1.29, 1.82) is 0 Å². The molecule has 0 unspecified atom stereocenters. The fraction of sp³-hybridized carbons (Fsp3) is 0.250. The van der Waals surface area contributed by atoms with E-state index in [1.165, 1.54) is 25.2 Å². The number of nitrogens with zero attached hydrogens (tertiary/aromatic N) is 2. The van der Waals surface area contributed by atoms with Crippen molar-refractivity contribution in [3.63, 3.8) is 0 Å². The van der Waals surface area contributed by atoms with E-state index in [0.29, 0.717) is 23.0 Å². The smallest absolute Gasteiger partial charge is 0.307 e. The lowest BCUT2D eigenvalue weighted by Gasteiger charge is -2.13. The summed E-state index contributed by atoms with van der Waals surface area (Å²) >= 11 is 1.49. The number of carbonyl (C=O) groups excluding carboxylic acids is 3. The monoisotopic (exact) mass is 413 g/mol. The second kappa shape index (κ2) is 9.24. The number of aromatic nitrogens is 2. The summed E-state index contributed by atoms with van der Waals surface area (Å²) in [4.78, 5) is 40.8. The third-order valence-electron chi connectivity index (χ3n) is 3.97. The number of aryl methyl sites for hydroxylation is 1. The van der Waals surface area contributed by atoms with Crippen molar-refractivity contribution in [3.8, 4) is 10.7 Å². The van der Waals surface area contributed by atoms with Crippen LogP contribution in [0.1, 0.15) is 36.5 Å². The number of hydrogen-bond donors (Lipinski definition) is 1. The Bertz CT molecular complexity index is 1010. The lowest BCUT2D eigenvalue weighted by Crippen LogP contribution is -2.30. The minimum atomic E-state index is -0.993. The van der Waals surface area contributed by atoms with Crippen LogP contribution in [-0.2, 0) is 20.7 Å². The average molecular weight is 413 g/mol. The molecule has 1 atom stereocenters. The van der Waals surface area contributed by atoms with Crippen molar-refractivity contribution < 1.29 is 23.6 Å². The molecular formula is C20H19N3O5S. The van der Waals surface area contributed by atoms with Crippen LogP contribution in [0.5, 0.6) is 0 Å². The zero-order valence-electron chi connectivity index (χ0n) is 15.9. The van der Waals surface area contributed by atoms with Crippen LogP contribution in [0.25, 0.3) is 10.7 Å². The molecule has 1 N–H and O–H groups in total. The van der Waals surface area contributed by atoms with E-state index in [1.54, 1.807) is 24.3 Å². The normalized spacial score (nSPS) is 11.7. The number of nitrogens with one attached hydrogen (secondary N) is 1. The summed E-state index contributed by atoms with van der Waals surface area (Å²) in [6.45, 7) is 2.92. The Labute approximate surface area is 170 Å². The highest BCUT2D eigenvalue weighted by atomic mass is 32.1. The number of esters is 1. The number of carbonyl (C=O) groups is 3. The van der Waals surface area contributed by atoms with Gasteiger partial charge in [0.15, 0.2) is 11.9 Å². The molecular weight excluding hydrogens is 394 g/mol. The molecule has 2 aromatic heterocycles. The van der Waals surface area contributed by atoms with Gasteiger partial charge in [-0.1, -0.05) is 23.4 Å². The van der Waals surface area contributed by atoms with Gasteiger partial charge in [0, 0.05) is 17.7 Å². The number of amides is 1. The number of anilines is 1. The maximum Gasteiger partial charge on any atom is 0.307 e. The van der Waals surface area contributed by atoms with Crippen LogP contribution in [0, 0.1) is 0 Å². The maximum atomic E-state index is 12.2. The third kappa shape index (κ3) is 5.58. The molecule has 0 aliphatic rings. The van der Waals surface area contributed by atoms with E-state index in [-0.39, 0.29) is 18.6 Å². The summed E-state index contributed by atoms with van der Waals surface area (Å²) < 4.78 is 10.3. The van der Waals surface area contributed by atoms with Crippen LogP contribution in [0.2, 0.25) is 0 Å². The average Bonchev–Trinajstić information content (AvgIpc) is 3.38. The molecule has 3 rings (SSSR count). The van der Waals surface area contributed by atoms with Crippen molar-refractivity contribution >= 4 is 34.7 Å². The van der Waals surface area contributed by atoms with Crippen LogP contribution in [0.15, 0.2) is 46.3 Å². The van der Waals surface area contributed by atoms with Gasteiger partial charge < -0.3 is 14.6 Å². The van der Waals surface area contributed by atoms with Gasteiger partial charge in [0.05, 0.1) is 11.3 Å². The number of rotatable bonds is 8. The number of thiophene rings is 1. The van der Waals surface area contributed by atoms with Gasteiger partial charge in [0.1, 0.15) is 0 Å². The van der Waals surface area contributed by atoms with Crippen LogP contribution in [-0.4, -0.2) is 33.9 Å². The second-order valence-corrected chi connectivity index (χ2v) is 7.20. The van der Waals surface area contributed by atoms with Crippen LogP contribution in [0.3, 0.4) is 0 Å². The summed E-state index contributed by atoms with van der Waals surface area (Å²) in [7, 11) is 0. The summed E-state index contributed by atoms with van der Waals surface area (Å²) in [6.07, 6.45) is -0.775. The Morgan fingerprint density at radius 1 is 1.24 bits per heavy atom. The van der Waals surface area contributed by atoms with Gasteiger partial charge in [-0.15, -0.1) is 11.3 Å². The summed E-state index contributed by atoms with van der Waals surface area (Å²) in [5.74, 6) is -0.353. The highest BCUT2D eigenvalue weighted by Gasteiger charge is 2.19. The second-order valence-electron chi connectivity index (χ2n) is 6.25. The minimum Gasteiger partial charge on any atom is -0.453 e. The first-order chi connectivity index (χ1) is 13.9. The van der Waals surface area contributed by atoms with Gasteiger partial charge in [0.2, 0.25) is 11.7 Å². The van der Waals surface area contributed by atoms with Crippen molar-refractivity contribution in [2.45, 2.75) is 32.8 Å². The van der Waals surface area contributed by atoms with E-state index in [9.17, 15) is 14.4 Å². The van der Waals surface area contributed by atoms with E-state index in [1.807, 2.05) is 17.5 Å². The summed E-state index contributed by atoms with van der Waals surface area (Å²) in [5.41, 5.74) is 0.937. The molecule has 8 nitrogen and oxygen atoms in total. The Morgan fingerprint density at radius 2 is 2.07 bits per heavy atom. The molecule has 0 radical (unpaired) electrons. The Morgan fingerprint density at radius 3 is 2.79 bits per heavy atom. The van der Waals surface area contributed by atoms with Crippen LogP contribution >= 0.6 is 11.3 Å². The van der Waals surface area contributed by atoms with Gasteiger partial charge in [-0.3, -0.25) is 14.4 Å². The van der Waals surface area contributed by atoms with Crippen molar-refractivity contribution in [1.82, 2.24) is 10.1 Å². The first kappa shape index (κ1) is 20.4. The third-order valence-corrected chi connectivity index (χ3v) is 4.83. The summed E-state index contributed by atoms with van der Waals surface area (Å²) in [5, 5.41) is 8.41. The molecule has 0 aliphatic carbocycles. The zero-order chi connectivity index (χ0) is 20.8. The van der Waals surface area contributed by atoms with Crippen LogP contribution in [0.4, 0.5) is 5.69 Å². The molecule has 29 heavy (non-hydrogen) atoms. The molecule has 1 aromatic carbocycles. The van der Waals surface area contributed by atoms with Gasteiger partial charge in [-0.05, 0) is 37.4 Å². The number of benzene rings is 1. The zero-order valence-corrected chi connectivity index (χ0v) is 16.7. The quantitative estimate of drug-likeness (QED) is 0.444. The number of ether oxygens (including phenoxy) is 1. The number of Topliss-reactive ketones (excluding diaryl/α,β-unsaturated/α-hetero) is 1. The van der Waals surface area contributed by atoms with Crippen LogP contribution < -0.4 is 5.32 Å². The first-order valence-corrected chi connectivity index (χ1v) is 9.78. The fourth-order valence-electron chi connectivity index (χ4n) is 2.44. The first-order valence-electron chi connectivity index (χ1n) is 8.90. The van der Waals surface area contributed by atoms with E-state index in [4.69, 9.17) is 9.26 Å². The molecule has 0 fully saturated rings. The SMILES string of the molecule is CC(=O)c1cccc(NC(=O)[C@H](C)OC(=O)CCc2nc(-c3cccs3)no2)c1.